The molecule has 0 unspecified atom stereocenters. The minimum absolute atomic E-state index is 0.200. The second kappa shape index (κ2) is 8.42. The predicted octanol–water partition coefficient (Wildman–Crippen LogP) is 2.30. The first-order chi connectivity index (χ1) is 15.9. The van der Waals surface area contributed by atoms with Crippen LogP contribution in [0.25, 0.3) is 11.2 Å². The van der Waals surface area contributed by atoms with Crippen molar-refractivity contribution in [2.24, 2.45) is 0 Å². The van der Waals surface area contributed by atoms with Crippen LogP contribution in [-0.4, -0.2) is 67.8 Å². The fourth-order valence-corrected chi connectivity index (χ4v) is 7.27. The monoisotopic (exact) mass is 485 g/mol. The van der Waals surface area contributed by atoms with Gasteiger partial charge in [-0.15, -0.1) is 0 Å². The van der Waals surface area contributed by atoms with Gasteiger partial charge in [-0.25, -0.2) is 19.7 Å². The highest BCUT2D eigenvalue weighted by atomic mass is 28.3. The van der Waals surface area contributed by atoms with Crippen LogP contribution >= 0.6 is 0 Å². The van der Waals surface area contributed by atoms with E-state index in [-0.39, 0.29) is 17.5 Å². The Morgan fingerprint density at radius 1 is 1.24 bits per heavy atom. The molecule has 4 rings (SSSR count). The minimum Gasteiger partial charge on any atom is -0.459 e. The number of aromatic nitrogens is 4. The number of anilines is 1. The Morgan fingerprint density at radius 2 is 1.91 bits per heavy atom. The van der Waals surface area contributed by atoms with Crippen molar-refractivity contribution in [1.29, 1.82) is 0 Å². The van der Waals surface area contributed by atoms with Crippen molar-refractivity contribution in [3.05, 3.63) is 48.5 Å². The molecular formula is C23H31N5O5Si. The summed E-state index contributed by atoms with van der Waals surface area (Å²) in [5.74, 6) is -0.337. The number of ether oxygens (including phenoxy) is 2. The number of nitrogens with zero attached hydrogens (tertiary/aromatic N) is 4. The quantitative estimate of drug-likeness (QED) is 0.366. The Labute approximate surface area is 198 Å². The van der Waals surface area contributed by atoms with Crippen LogP contribution in [-0.2, 0) is 9.47 Å². The van der Waals surface area contributed by atoms with Crippen molar-refractivity contribution in [3.8, 4) is 0 Å². The second-order valence-corrected chi connectivity index (χ2v) is 15.8. The van der Waals surface area contributed by atoms with E-state index >= 15 is 0 Å². The molecule has 0 amide bonds. The van der Waals surface area contributed by atoms with E-state index in [1.165, 1.54) is 12.7 Å². The van der Waals surface area contributed by atoms with Gasteiger partial charge in [-0.1, -0.05) is 52.1 Å². The zero-order chi connectivity index (χ0) is 24.9. The molecule has 11 heteroatoms. The van der Waals surface area contributed by atoms with Gasteiger partial charge in [0, 0.05) is 0 Å². The Kier molecular flexibility index (Phi) is 6.01. The Hall–Kier alpha value is -2.86. The van der Waals surface area contributed by atoms with E-state index in [0.29, 0.717) is 16.7 Å². The number of carbonyl (C=O) groups is 1. The lowest BCUT2D eigenvalue weighted by Crippen LogP contribution is -2.67. The zero-order valence-electron chi connectivity index (χ0n) is 20.0. The molecular weight excluding hydrogens is 454 g/mol. The van der Waals surface area contributed by atoms with E-state index in [1.54, 1.807) is 34.9 Å². The van der Waals surface area contributed by atoms with Crippen LogP contribution in [0, 0.1) is 0 Å². The fourth-order valence-electron chi connectivity index (χ4n) is 4.32. The number of hydrogen-bond acceptors (Lipinski definition) is 9. The molecule has 182 valence electrons. The van der Waals surface area contributed by atoms with Crippen LogP contribution in [0.15, 0.2) is 43.0 Å². The Bertz CT molecular complexity index is 1200. The van der Waals surface area contributed by atoms with Crippen molar-refractivity contribution in [2.45, 2.75) is 62.6 Å². The van der Waals surface area contributed by atoms with E-state index in [2.05, 4.69) is 15.0 Å². The molecule has 34 heavy (non-hydrogen) atoms. The number of esters is 1. The maximum Gasteiger partial charge on any atom is 0.338 e. The van der Waals surface area contributed by atoms with Crippen LogP contribution in [0.4, 0.5) is 5.82 Å². The van der Waals surface area contributed by atoms with E-state index in [4.69, 9.17) is 15.2 Å². The summed E-state index contributed by atoms with van der Waals surface area (Å²) in [4.78, 5) is 25.1. The van der Waals surface area contributed by atoms with Crippen LogP contribution < -0.4 is 5.73 Å². The molecule has 0 aliphatic carbocycles. The standard InChI is InChI=1S/C23H31N5O5Si/c1-22(2,3)34(4,5)23(31)17(29)15(11-32-20(30)14-9-7-6-8-10-14)33-21(23)28-13-27-16-18(24)25-12-26-19(16)28/h6-10,12-13,15,17,21,29,31H,11H2,1-5H3,(H2,24,25,26)/t15-,17-,21-,23+/m1/s1. The largest absolute Gasteiger partial charge is 0.459 e. The molecule has 0 radical (unpaired) electrons. The molecule has 0 bridgehead atoms. The van der Waals surface area contributed by atoms with Crippen molar-refractivity contribution >= 4 is 31.0 Å². The van der Waals surface area contributed by atoms with Crippen LogP contribution in [0.3, 0.4) is 0 Å². The molecule has 1 aliphatic rings. The summed E-state index contributed by atoms with van der Waals surface area (Å²) in [6.07, 6.45) is -0.523. The highest BCUT2D eigenvalue weighted by Gasteiger charge is 2.67. The highest BCUT2D eigenvalue weighted by molar-refractivity contribution is 6.83. The maximum absolute atomic E-state index is 12.5. The van der Waals surface area contributed by atoms with Gasteiger partial charge in [0.15, 0.2) is 17.7 Å². The fraction of sp³-hybridized carbons (Fsp3) is 0.478. The van der Waals surface area contributed by atoms with Gasteiger partial charge in [-0.05, 0) is 17.2 Å². The smallest absolute Gasteiger partial charge is 0.338 e. The average Bonchev–Trinajstić information content (AvgIpc) is 3.33. The molecule has 4 atom stereocenters. The minimum atomic E-state index is -2.72. The predicted molar refractivity (Wildman–Crippen MR) is 129 cm³/mol. The molecule has 0 spiro atoms. The van der Waals surface area contributed by atoms with Crippen LogP contribution in [0.2, 0.25) is 18.1 Å². The summed E-state index contributed by atoms with van der Waals surface area (Å²) in [6, 6.07) is 8.56. The third-order valence-corrected chi connectivity index (χ3v) is 13.7. The lowest BCUT2D eigenvalue weighted by Gasteiger charge is -2.50. The number of aliphatic hydroxyl groups excluding tert-OH is 1. The topological polar surface area (TPSA) is 146 Å². The van der Waals surface area contributed by atoms with Crippen molar-refractivity contribution < 1.29 is 24.5 Å². The summed E-state index contributed by atoms with van der Waals surface area (Å²) >= 11 is 0. The number of rotatable bonds is 5. The van der Waals surface area contributed by atoms with Gasteiger partial charge in [-0.2, -0.15) is 0 Å². The average molecular weight is 486 g/mol. The number of benzene rings is 1. The molecule has 1 saturated heterocycles. The van der Waals surface area contributed by atoms with Crippen molar-refractivity contribution in [1.82, 2.24) is 19.5 Å². The summed E-state index contributed by atoms with van der Waals surface area (Å²) < 4.78 is 13.3. The van der Waals surface area contributed by atoms with E-state index in [9.17, 15) is 15.0 Å². The molecule has 1 fully saturated rings. The van der Waals surface area contributed by atoms with Gasteiger partial charge in [0.1, 0.15) is 35.9 Å². The van der Waals surface area contributed by atoms with Gasteiger partial charge in [-0.3, -0.25) is 4.57 Å². The number of nitrogen functional groups attached to an aromatic ring is 1. The molecule has 0 saturated carbocycles. The van der Waals surface area contributed by atoms with E-state index in [1.807, 2.05) is 33.9 Å². The summed E-state index contributed by atoms with van der Waals surface area (Å²) in [7, 11) is -2.72. The first-order valence-electron chi connectivity index (χ1n) is 11.1. The number of carbonyl (C=O) groups excluding carboxylic acids is 1. The number of imidazole rings is 1. The zero-order valence-corrected chi connectivity index (χ0v) is 21.0. The molecule has 2 aromatic heterocycles. The number of fused-ring (bicyclic) bond motifs is 1. The molecule has 1 aromatic carbocycles. The first-order valence-corrected chi connectivity index (χ1v) is 14.1. The Morgan fingerprint density at radius 3 is 2.56 bits per heavy atom. The van der Waals surface area contributed by atoms with Crippen LogP contribution in [0.5, 0.6) is 0 Å². The first kappa shape index (κ1) is 24.3. The molecule has 1 aliphatic heterocycles. The second-order valence-electron chi connectivity index (χ2n) is 10.2. The summed E-state index contributed by atoms with van der Waals surface area (Å²) in [5.41, 5.74) is 7.09. The molecule has 3 heterocycles. The molecule has 3 aromatic rings. The van der Waals surface area contributed by atoms with Crippen molar-refractivity contribution in [2.75, 3.05) is 12.3 Å². The Balaban J connectivity index is 1.72. The highest BCUT2D eigenvalue weighted by Crippen LogP contribution is 2.53. The summed E-state index contributed by atoms with van der Waals surface area (Å²) in [6.45, 7) is 9.90. The molecule has 4 N–H and O–H groups in total. The third-order valence-electron chi connectivity index (χ3n) is 7.39. The van der Waals surface area contributed by atoms with Gasteiger partial charge in [0.25, 0.3) is 0 Å². The maximum atomic E-state index is 12.5. The van der Waals surface area contributed by atoms with Crippen LogP contribution in [0.1, 0.15) is 37.4 Å². The van der Waals surface area contributed by atoms with E-state index < -0.39 is 37.7 Å². The van der Waals surface area contributed by atoms with Crippen molar-refractivity contribution in [3.63, 3.8) is 0 Å². The molecule has 10 nitrogen and oxygen atoms in total. The SMILES string of the molecule is CC(C)(C)[Si](C)(C)[C@@]1(O)[C@H](O)[C@@H](COC(=O)c2ccccc2)O[C@H]1n1cnc2c(N)ncnc21. The van der Waals surface area contributed by atoms with E-state index in [0.717, 1.165) is 0 Å². The van der Waals surface area contributed by atoms with Gasteiger partial charge >= 0.3 is 5.97 Å². The van der Waals surface area contributed by atoms with Gasteiger partial charge < -0.3 is 25.4 Å². The van der Waals surface area contributed by atoms with Gasteiger partial charge in [0.05, 0.1) is 20.0 Å². The lowest BCUT2D eigenvalue weighted by atomic mass is 10.1. The number of nitrogens with two attached hydrogens (primary N) is 1. The number of aliphatic hydroxyl groups is 2. The third kappa shape index (κ3) is 3.68. The normalized spacial score (nSPS) is 25.6. The lowest BCUT2D eigenvalue weighted by molar-refractivity contribution is -0.0692. The van der Waals surface area contributed by atoms with Gasteiger partial charge in [0.2, 0.25) is 0 Å². The summed E-state index contributed by atoms with van der Waals surface area (Å²) in [5, 5.41) is 21.7. The number of hydrogen-bond donors (Lipinski definition) is 3.